The van der Waals surface area contributed by atoms with Crippen LogP contribution >= 0.6 is 0 Å². The second-order valence-corrected chi connectivity index (χ2v) is 10.9. The van der Waals surface area contributed by atoms with Gasteiger partial charge < -0.3 is 28.7 Å². The van der Waals surface area contributed by atoms with Crippen LogP contribution in [0.5, 0.6) is 5.75 Å². The van der Waals surface area contributed by atoms with E-state index in [-0.39, 0.29) is 23.7 Å². The Morgan fingerprint density at radius 3 is 2.69 bits per heavy atom. The van der Waals surface area contributed by atoms with Gasteiger partial charge in [-0.05, 0) is 76.5 Å². The summed E-state index contributed by atoms with van der Waals surface area (Å²) in [6, 6.07) is 7.51. The predicted molar refractivity (Wildman–Crippen MR) is 150 cm³/mol. The maximum Gasteiger partial charge on any atom is 0.323 e. The molecule has 210 valence electrons. The monoisotopic (exact) mass is 536 g/mol. The van der Waals surface area contributed by atoms with E-state index in [0.29, 0.717) is 24.6 Å². The van der Waals surface area contributed by atoms with Crippen molar-refractivity contribution in [2.75, 3.05) is 26.4 Å². The second-order valence-electron chi connectivity index (χ2n) is 10.9. The first-order valence-electron chi connectivity index (χ1n) is 14.2. The minimum Gasteiger partial charge on any atom is -0.492 e. The molecule has 3 heterocycles. The zero-order chi connectivity index (χ0) is 27.4. The van der Waals surface area contributed by atoms with Crippen molar-refractivity contribution in [3.63, 3.8) is 0 Å². The summed E-state index contributed by atoms with van der Waals surface area (Å²) in [5.41, 5.74) is 3.50. The maximum absolute atomic E-state index is 12.3. The minimum absolute atomic E-state index is 0.00347. The molecule has 1 unspecified atom stereocenters. The lowest BCUT2D eigenvalue weighted by molar-refractivity contribution is -0.150. The molecule has 2 fully saturated rings. The van der Waals surface area contributed by atoms with E-state index in [1.54, 1.807) is 11.6 Å². The Hall–Kier alpha value is -3.17. The number of pyridine rings is 1. The Labute approximate surface area is 229 Å². The highest BCUT2D eigenvalue weighted by Gasteiger charge is 2.23. The van der Waals surface area contributed by atoms with Crippen LogP contribution in [0, 0.1) is 12.8 Å². The summed E-state index contributed by atoms with van der Waals surface area (Å²) in [4.78, 5) is 29.6. The number of carbonyl (C=O) groups is 1. The highest BCUT2D eigenvalue weighted by molar-refractivity contribution is 5.82. The summed E-state index contributed by atoms with van der Waals surface area (Å²) in [6.07, 6.45) is 8.17. The van der Waals surface area contributed by atoms with Crippen molar-refractivity contribution in [2.24, 2.45) is 13.0 Å². The molecule has 0 amide bonds. The van der Waals surface area contributed by atoms with E-state index in [9.17, 15) is 9.59 Å². The minimum atomic E-state index is -0.370. The number of nitrogens with one attached hydrogen (secondary N) is 1. The summed E-state index contributed by atoms with van der Waals surface area (Å²) < 4.78 is 21.1. The van der Waals surface area contributed by atoms with E-state index in [2.05, 4.69) is 9.88 Å². The number of rotatable bonds is 10. The van der Waals surface area contributed by atoms with E-state index in [4.69, 9.17) is 19.2 Å². The third-order valence-electron chi connectivity index (χ3n) is 7.88. The van der Waals surface area contributed by atoms with Crippen molar-refractivity contribution in [3.8, 4) is 17.1 Å². The molecule has 0 spiro atoms. The number of fused-ring (bicyclic) bond motifs is 1. The van der Waals surface area contributed by atoms with Gasteiger partial charge in [-0.3, -0.25) is 9.59 Å². The standard InChI is InChI=1S/C30H40N4O5/c1-20-16-23(19-33(3)29(20)35)28-32-26-9-8-25(17-27(26)34(28)18-22-10-13-37-14-11-22)38-15-12-31-21(2)30(36)39-24-6-4-5-7-24/h8-9,16-17,19,21-22,24,31H,4-7,10-15,18H2,1-3H3. The van der Waals surface area contributed by atoms with Crippen molar-refractivity contribution in [3.05, 3.63) is 46.4 Å². The van der Waals surface area contributed by atoms with Gasteiger partial charge in [0.05, 0.1) is 11.0 Å². The highest BCUT2D eigenvalue weighted by atomic mass is 16.5. The molecule has 0 bridgehead atoms. The molecule has 2 aliphatic rings. The van der Waals surface area contributed by atoms with Crippen molar-refractivity contribution in [1.82, 2.24) is 19.4 Å². The van der Waals surface area contributed by atoms with E-state index in [1.165, 1.54) is 0 Å². The number of aryl methyl sites for hydroxylation is 2. The summed E-state index contributed by atoms with van der Waals surface area (Å²) in [7, 11) is 1.78. The fourth-order valence-corrected chi connectivity index (χ4v) is 5.58. The van der Waals surface area contributed by atoms with Gasteiger partial charge in [-0.2, -0.15) is 0 Å². The largest absolute Gasteiger partial charge is 0.492 e. The van der Waals surface area contributed by atoms with E-state index < -0.39 is 0 Å². The molecule has 1 aliphatic carbocycles. The van der Waals surface area contributed by atoms with Gasteiger partial charge in [0.1, 0.15) is 30.3 Å². The Morgan fingerprint density at radius 2 is 1.95 bits per heavy atom. The van der Waals surface area contributed by atoms with Crippen LogP contribution in [0.25, 0.3) is 22.4 Å². The van der Waals surface area contributed by atoms with Crippen molar-refractivity contribution in [2.45, 2.75) is 71.1 Å². The number of esters is 1. The first kappa shape index (κ1) is 27.4. The Bertz CT molecular complexity index is 1330. The third-order valence-corrected chi connectivity index (χ3v) is 7.88. The van der Waals surface area contributed by atoms with Gasteiger partial charge in [0.25, 0.3) is 5.56 Å². The van der Waals surface area contributed by atoms with Crippen LogP contribution in [0.3, 0.4) is 0 Å². The molecule has 1 saturated heterocycles. The predicted octanol–water partition coefficient (Wildman–Crippen LogP) is 3.98. The zero-order valence-corrected chi connectivity index (χ0v) is 23.3. The topological polar surface area (TPSA) is 96.6 Å². The smallest absolute Gasteiger partial charge is 0.323 e. The molecule has 2 aromatic heterocycles. The summed E-state index contributed by atoms with van der Waals surface area (Å²) in [5.74, 6) is 1.90. The van der Waals surface area contributed by atoms with Gasteiger partial charge in [0.15, 0.2) is 0 Å². The lowest BCUT2D eigenvalue weighted by Gasteiger charge is -2.23. The van der Waals surface area contributed by atoms with Crippen LogP contribution in [0.2, 0.25) is 0 Å². The third kappa shape index (κ3) is 6.53. The normalized spacial score (nSPS) is 17.5. The average molecular weight is 537 g/mol. The SMILES string of the molecule is Cc1cc(-c2nc3ccc(OCCNC(C)C(=O)OC4CCCC4)cc3n2CC2CCOCC2)cn(C)c1=O. The number of aromatic nitrogens is 3. The average Bonchev–Trinajstić information content (AvgIpc) is 3.58. The van der Waals surface area contributed by atoms with E-state index >= 15 is 0 Å². The molecule has 1 atom stereocenters. The van der Waals surface area contributed by atoms with Crippen molar-refractivity contribution in [1.29, 1.82) is 0 Å². The Balaban J connectivity index is 1.30. The number of hydrogen-bond acceptors (Lipinski definition) is 7. The number of imidazole rings is 1. The van der Waals surface area contributed by atoms with Gasteiger partial charge in [0, 0.05) is 56.7 Å². The Kier molecular flexibility index (Phi) is 8.67. The molecule has 5 rings (SSSR count). The van der Waals surface area contributed by atoms with Crippen LogP contribution in [-0.2, 0) is 27.9 Å². The lowest BCUT2D eigenvalue weighted by Crippen LogP contribution is -2.39. The molecule has 39 heavy (non-hydrogen) atoms. The van der Waals surface area contributed by atoms with Gasteiger partial charge in [-0.25, -0.2) is 4.98 Å². The maximum atomic E-state index is 12.3. The number of nitrogens with zero attached hydrogens (tertiary/aromatic N) is 3. The fraction of sp³-hybridized carbons (Fsp3) is 0.567. The van der Waals surface area contributed by atoms with Crippen LogP contribution < -0.4 is 15.6 Å². The highest BCUT2D eigenvalue weighted by Crippen LogP contribution is 2.30. The fourth-order valence-electron chi connectivity index (χ4n) is 5.58. The molecule has 9 heteroatoms. The first-order chi connectivity index (χ1) is 18.9. The molecule has 1 aromatic carbocycles. The zero-order valence-electron chi connectivity index (χ0n) is 23.3. The molecular weight excluding hydrogens is 496 g/mol. The molecule has 1 N–H and O–H groups in total. The van der Waals surface area contributed by atoms with E-state index in [1.807, 2.05) is 44.3 Å². The number of carbonyl (C=O) groups excluding carboxylic acids is 1. The quantitative estimate of drug-likeness (QED) is 0.309. The molecular formula is C30H40N4O5. The van der Waals surface area contributed by atoms with Gasteiger partial charge in [-0.15, -0.1) is 0 Å². The Morgan fingerprint density at radius 1 is 1.18 bits per heavy atom. The number of benzene rings is 1. The lowest BCUT2D eigenvalue weighted by atomic mass is 10.00. The molecule has 1 aliphatic heterocycles. The van der Waals surface area contributed by atoms with Gasteiger partial charge in [0.2, 0.25) is 0 Å². The first-order valence-corrected chi connectivity index (χ1v) is 14.2. The number of ether oxygens (including phenoxy) is 3. The van der Waals surface area contributed by atoms with Crippen LogP contribution in [0.15, 0.2) is 35.3 Å². The second kappa shape index (κ2) is 12.3. The number of hydrogen-bond donors (Lipinski definition) is 1. The van der Waals surface area contributed by atoms with Gasteiger partial charge in [-0.1, -0.05) is 0 Å². The van der Waals surface area contributed by atoms with Crippen LogP contribution in [0.4, 0.5) is 0 Å². The molecule has 0 radical (unpaired) electrons. The summed E-state index contributed by atoms with van der Waals surface area (Å²) >= 11 is 0. The molecule has 3 aromatic rings. The van der Waals surface area contributed by atoms with E-state index in [0.717, 1.165) is 86.5 Å². The molecule has 1 saturated carbocycles. The van der Waals surface area contributed by atoms with Crippen molar-refractivity contribution < 1.29 is 19.0 Å². The van der Waals surface area contributed by atoms with Crippen LogP contribution in [0.1, 0.15) is 51.0 Å². The summed E-state index contributed by atoms with van der Waals surface area (Å²) in [5, 5.41) is 3.21. The van der Waals surface area contributed by atoms with Crippen molar-refractivity contribution >= 4 is 17.0 Å². The molecule has 9 nitrogen and oxygen atoms in total. The summed E-state index contributed by atoms with van der Waals surface area (Å²) in [6.45, 7) is 7.01. The van der Waals surface area contributed by atoms with Crippen LogP contribution in [-0.4, -0.2) is 58.6 Å². The van der Waals surface area contributed by atoms with Gasteiger partial charge >= 0.3 is 5.97 Å².